The lowest BCUT2D eigenvalue weighted by Gasteiger charge is -2.24. The highest BCUT2D eigenvalue weighted by Gasteiger charge is 2.45. The van der Waals surface area contributed by atoms with Gasteiger partial charge in [0.2, 0.25) is 5.13 Å². The van der Waals surface area contributed by atoms with Crippen LogP contribution in [-0.4, -0.2) is 33.6 Å². The van der Waals surface area contributed by atoms with Gasteiger partial charge in [0.15, 0.2) is 15.9 Å². The Hall–Kier alpha value is -4.28. The average molecular weight is 630 g/mol. The van der Waals surface area contributed by atoms with Gasteiger partial charge in [0, 0.05) is 5.75 Å². The molecule has 4 aromatic rings. The van der Waals surface area contributed by atoms with Crippen molar-refractivity contribution in [2.45, 2.75) is 48.7 Å². The number of ketones is 1. The molecule has 0 aliphatic carbocycles. The van der Waals surface area contributed by atoms with E-state index in [4.69, 9.17) is 4.74 Å². The molecule has 1 aromatic heterocycles. The standard InChI is InChI=1S/C34H32FN3O4S2/c1-2-3-4-8-21-42-27-18-14-25(15-19-27)30-29(28(39)20-13-23-9-6-5-7-10-23)31(40)32(41)38(30)33-36-37-34(44-33)43-22-24-11-16-26(35)17-12-24/h5-7,9-20,30,40H,2-4,8,21-22H2,1H3/b20-13+. The van der Waals surface area contributed by atoms with Gasteiger partial charge in [-0.3, -0.25) is 14.5 Å². The van der Waals surface area contributed by atoms with E-state index in [1.54, 1.807) is 42.5 Å². The lowest BCUT2D eigenvalue weighted by molar-refractivity contribution is -0.117. The summed E-state index contributed by atoms with van der Waals surface area (Å²) < 4.78 is 19.8. The predicted octanol–water partition coefficient (Wildman–Crippen LogP) is 8.11. The number of amides is 1. The van der Waals surface area contributed by atoms with E-state index in [0.717, 1.165) is 36.8 Å². The van der Waals surface area contributed by atoms with Crippen LogP contribution in [0.3, 0.4) is 0 Å². The molecule has 1 amide bonds. The monoisotopic (exact) mass is 629 g/mol. The SMILES string of the molecule is CCCCCCOc1ccc(C2C(C(=O)/C=C/c3ccccc3)=C(O)C(=O)N2c2nnc(SCc3ccc(F)cc3)s2)cc1. The number of carbonyl (C=O) groups excluding carboxylic acids is 2. The molecule has 0 bridgehead atoms. The van der Waals surface area contributed by atoms with Crippen molar-refractivity contribution in [1.29, 1.82) is 0 Å². The molecule has 1 aliphatic rings. The van der Waals surface area contributed by atoms with Gasteiger partial charge in [-0.25, -0.2) is 4.39 Å². The number of hydrogen-bond donors (Lipinski definition) is 1. The number of anilines is 1. The summed E-state index contributed by atoms with van der Waals surface area (Å²) in [6, 6.07) is 21.8. The largest absolute Gasteiger partial charge is 0.503 e. The minimum Gasteiger partial charge on any atom is -0.503 e. The third-order valence-corrected chi connectivity index (χ3v) is 9.17. The Balaban J connectivity index is 1.40. The number of aliphatic hydroxyl groups excluding tert-OH is 1. The lowest BCUT2D eigenvalue weighted by Crippen LogP contribution is -2.30. The van der Waals surface area contributed by atoms with Crippen LogP contribution in [0.2, 0.25) is 0 Å². The second kappa shape index (κ2) is 14.9. The maximum Gasteiger partial charge on any atom is 0.296 e. The molecule has 226 valence electrons. The molecule has 1 atom stereocenters. The number of nitrogens with zero attached hydrogens (tertiary/aromatic N) is 3. The van der Waals surface area contributed by atoms with E-state index >= 15 is 0 Å². The molecule has 0 fully saturated rings. The summed E-state index contributed by atoms with van der Waals surface area (Å²) in [7, 11) is 0. The Morgan fingerprint density at radius 2 is 1.77 bits per heavy atom. The Labute approximate surface area is 264 Å². The van der Waals surface area contributed by atoms with Gasteiger partial charge in [-0.2, -0.15) is 0 Å². The summed E-state index contributed by atoms with van der Waals surface area (Å²) in [5.41, 5.74) is 2.30. The normalized spacial score (nSPS) is 15.0. The maximum atomic E-state index is 13.5. The van der Waals surface area contributed by atoms with Crippen molar-refractivity contribution in [3.8, 4) is 5.75 Å². The topological polar surface area (TPSA) is 92.6 Å². The first-order valence-corrected chi connectivity index (χ1v) is 16.2. The zero-order valence-electron chi connectivity index (χ0n) is 24.2. The number of hydrogen-bond acceptors (Lipinski definition) is 8. The third-order valence-electron chi connectivity index (χ3n) is 7.04. The Morgan fingerprint density at radius 3 is 2.50 bits per heavy atom. The van der Waals surface area contributed by atoms with Crippen molar-refractivity contribution in [3.05, 3.63) is 119 Å². The van der Waals surface area contributed by atoms with Crippen LogP contribution in [0.4, 0.5) is 9.52 Å². The van der Waals surface area contributed by atoms with Gasteiger partial charge in [-0.05, 0) is 53.5 Å². The molecule has 0 radical (unpaired) electrons. The number of ether oxygens (including phenoxy) is 1. The average Bonchev–Trinajstić information content (AvgIpc) is 3.62. The van der Waals surface area contributed by atoms with E-state index in [-0.39, 0.29) is 16.5 Å². The van der Waals surface area contributed by atoms with Crippen LogP contribution in [0.15, 0.2) is 101 Å². The van der Waals surface area contributed by atoms with E-state index in [0.29, 0.717) is 28.0 Å². The van der Waals surface area contributed by atoms with Crippen LogP contribution in [0, 0.1) is 5.82 Å². The van der Waals surface area contributed by atoms with E-state index in [9.17, 15) is 19.1 Å². The molecule has 5 rings (SSSR count). The van der Waals surface area contributed by atoms with Crippen molar-refractivity contribution in [2.24, 2.45) is 0 Å². The van der Waals surface area contributed by atoms with Gasteiger partial charge in [0.05, 0.1) is 18.2 Å². The summed E-state index contributed by atoms with van der Waals surface area (Å²) in [6.07, 6.45) is 7.39. The van der Waals surface area contributed by atoms with Gasteiger partial charge in [0.1, 0.15) is 11.6 Å². The van der Waals surface area contributed by atoms with Crippen LogP contribution in [0.5, 0.6) is 5.75 Å². The summed E-state index contributed by atoms with van der Waals surface area (Å²) in [5.74, 6) is -0.929. The first-order chi connectivity index (χ1) is 21.4. The number of benzene rings is 3. The van der Waals surface area contributed by atoms with E-state index in [1.807, 2.05) is 30.3 Å². The zero-order valence-corrected chi connectivity index (χ0v) is 25.8. The molecule has 0 spiro atoms. The van der Waals surface area contributed by atoms with Crippen molar-refractivity contribution in [3.63, 3.8) is 0 Å². The number of aromatic nitrogens is 2. The molecular formula is C34H32FN3O4S2. The van der Waals surface area contributed by atoms with Gasteiger partial charge in [0.25, 0.3) is 5.91 Å². The Kier molecular flexibility index (Phi) is 10.6. The summed E-state index contributed by atoms with van der Waals surface area (Å²) >= 11 is 2.58. The number of aliphatic hydroxyl groups is 1. The van der Waals surface area contributed by atoms with Crippen LogP contribution < -0.4 is 9.64 Å². The van der Waals surface area contributed by atoms with Crippen LogP contribution in [0.25, 0.3) is 6.08 Å². The Bertz CT molecular complexity index is 1640. The second-order valence-electron chi connectivity index (χ2n) is 10.2. The molecule has 7 nitrogen and oxygen atoms in total. The third kappa shape index (κ3) is 7.62. The molecule has 44 heavy (non-hydrogen) atoms. The van der Waals surface area contributed by atoms with Crippen LogP contribution in [0.1, 0.15) is 55.3 Å². The fourth-order valence-electron chi connectivity index (χ4n) is 4.74. The van der Waals surface area contributed by atoms with Crippen molar-refractivity contribution >= 4 is 46.0 Å². The smallest absolute Gasteiger partial charge is 0.296 e. The van der Waals surface area contributed by atoms with Gasteiger partial charge < -0.3 is 9.84 Å². The molecule has 0 saturated carbocycles. The van der Waals surface area contributed by atoms with E-state index < -0.39 is 23.5 Å². The molecular weight excluding hydrogens is 598 g/mol. The fraction of sp³-hybridized carbons (Fsp3) is 0.235. The van der Waals surface area contributed by atoms with Crippen molar-refractivity contribution < 1.29 is 23.8 Å². The lowest BCUT2D eigenvalue weighted by atomic mass is 9.95. The molecule has 3 aromatic carbocycles. The second-order valence-corrected chi connectivity index (χ2v) is 12.4. The highest BCUT2D eigenvalue weighted by molar-refractivity contribution is 8.00. The zero-order chi connectivity index (χ0) is 30.9. The number of thioether (sulfide) groups is 1. The first kappa shape index (κ1) is 31.2. The highest BCUT2D eigenvalue weighted by atomic mass is 32.2. The van der Waals surface area contributed by atoms with Gasteiger partial charge in [-0.15, -0.1) is 10.2 Å². The first-order valence-electron chi connectivity index (χ1n) is 14.4. The molecule has 2 heterocycles. The minimum atomic E-state index is -0.920. The van der Waals surface area contributed by atoms with E-state index in [1.165, 1.54) is 46.2 Å². The van der Waals surface area contributed by atoms with Gasteiger partial charge >= 0.3 is 0 Å². The number of halogens is 1. The fourth-order valence-corrected chi connectivity index (χ4v) is 6.57. The summed E-state index contributed by atoms with van der Waals surface area (Å²) in [5, 5.41) is 19.8. The number of allylic oxidation sites excluding steroid dienone is 1. The van der Waals surface area contributed by atoms with Crippen LogP contribution >= 0.6 is 23.1 Å². The molecule has 0 saturated heterocycles. The van der Waals surface area contributed by atoms with Gasteiger partial charge in [-0.1, -0.05) is 110 Å². The maximum absolute atomic E-state index is 13.5. The molecule has 1 aliphatic heterocycles. The highest BCUT2D eigenvalue weighted by Crippen LogP contribution is 2.43. The predicted molar refractivity (Wildman–Crippen MR) is 172 cm³/mol. The number of unbranched alkanes of at least 4 members (excludes halogenated alkanes) is 3. The van der Waals surface area contributed by atoms with E-state index in [2.05, 4.69) is 17.1 Å². The molecule has 10 heteroatoms. The van der Waals surface area contributed by atoms with Crippen molar-refractivity contribution in [1.82, 2.24) is 10.2 Å². The molecule has 1 unspecified atom stereocenters. The molecule has 1 N–H and O–H groups in total. The van der Waals surface area contributed by atoms with Crippen LogP contribution in [-0.2, 0) is 15.3 Å². The number of rotatable bonds is 14. The summed E-state index contributed by atoms with van der Waals surface area (Å²) in [6.45, 7) is 2.76. The minimum absolute atomic E-state index is 0.0360. The Morgan fingerprint density at radius 1 is 1.02 bits per heavy atom. The summed E-state index contributed by atoms with van der Waals surface area (Å²) in [4.78, 5) is 28.4. The van der Waals surface area contributed by atoms with Crippen molar-refractivity contribution in [2.75, 3.05) is 11.5 Å². The number of carbonyl (C=O) groups is 2. The quantitative estimate of drug-likeness (QED) is 0.0652.